The summed E-state index contributed by atoms with van der Waals surface area (Å²) in [4.78, 5) is 0. The van der Waals surface area contributed by atoms with Gasteiger partial charge in [0.15, 0.2) is 20.0 Å². The Balaban J connectivity index is 0. The van der Waals surface area contributed by atoms with Crippen LogP contribution >= 0.6 is 7.26 Å². The van der Waals surface area contributed by atoms with Gasteiger partial charge in [-0.05, 0) is 25.7 Å². The lowest BCUT2D eigenvalue weighted by atomic mass is 10.4. The second-order valence-corrected chi connectivity index (χ2v) is 15.5. The van der Waals surface area contributed by atoms with Crippen molar-refractivity contribution in [2.75, 3.05) is 24.6 Å². The summed E-state index contributed by atoms with van der Waals surface area (Å²) < 4.78 is 109. The van der Waals surface area contributed by atoms with Crippen LogP contribution in [-0.2, 0) is 20.0 Å². The van der Waals surface area contributed by atoms with Crippen LogP contribution in [0.5, 0.6) is 0 Å². The van der Waals surface area contributed by atoms with Gasteiger partial charge in [-0.15, -0.1) is 0 Å². The van der Waals surface area contributed by atoms with Crippen LogP contribution in [-0.4, -0.2) is 52.5 Å². The number of hydrogen-bond acceptors (Lipinski definition) is 4. The summed E-state index contributed by atoms with van der Waals surface area (Å²) in [5.74, 6) is 0. The molecular weight excluding hydrogens is 503 g/mol. The molecule has 0 aliphatic carbocycles. The van der Waals surface area contributed by atoms with Crippen molar-refractivity contribution >= 4 is 27.3 Å². The van der Waals surface area contributed by atoms with Gasteiger partial charge in [-0.3, -0.25) is 0 Å². The Hall–Kier alpha value is -0.130. The molecule has 196 valence electrons. The predicted octanol–water partition coefficient (Wildman–Crippen LogP) is 7.26. The van der Waals surface area contributed by atoms with Gasteiger partial charge < -0.3 is 4.13 Å². The van der Waals surface area contributed by atoms with Gasteiger partial charge in [0.25, 0.3) is 0 Å². The van der Waals surface area contributed by atoms with Crippen molar-refractivity contribution < 1.29 is 43.2 Å². The van der Waals surface area contributed by atoms with E-state index >= 15 is 0 Å². The van der Waals surface area contributed by atoms with Gasteiger partial charge in [0, 0.05) is 7.26 Å². The number of halogens is 6. The molecule has 0 aromatic rings. The molecule has 0 unspecified atom stereocenters. The molecule has 0 aliphatic rings. The lowest BCUT2D eigenvalue weighted by molar-refractivity contribution is -0.0444. The standard InChI is InChI=1S/C16H36P.C2F6NO4S2/c1-5-9-13-17(14-10-6-2,15-11-7-3)16-12-8-4;3-1(4,5)14(10,11)9-15(12,13)2(6,7)8/h5-16H2,1-4H3;/q+1;-1. The number of rotatable bonds is 14. The number of alkyl halides is 6. The zero-order chi connectivity index (χ0) is 25.7. The van der Waals surface area contributed by atoms with Gasteiger partial charge in [0.05, 0.1) is 24.6 Å². The molecule has 14 heteroatoms. The maximum absolute atomic E-state index is 11.4. The minimum Gasteiger partial charge on any atom is -0.421 e. The first-order valence-electron chi connectivity index (χ1n) is 10.7. The van der Waals surface area contributed by atoms with Crippen LogP contribution in [0.2, 0.25) is 0 Å². The highest BCUT2D eigenvalue weighted by atomic mass is 32.3. The van der Waals surface area contributed by atoms with E-state index in [-0.39, 0.29) is 0 Å². The number of hydrogen-bond donors (Lipinski definition) is 0. The minimum atomic E-state index is -6.72. The second kappa shape index (κ2) is 15.0. The van der Waals surface area contributed by atoms with Crippen LogP contribution in [0, 0.1) is 0 Å². The lowest BCUT2D eigenvalue weighted by Gasteiger charge is -2.28. The van der Waals surface area contributed by atoms with Crippen LogP contribution in [0.4, 0.5) is 26.3 Å². The Morgan fingerprint density at radius 2 is 0.781 bits per heavy atom. The van der Waals surface area contributed by atoms with Crippen LogP contribution in [0.15, 0.2) is 0 Å². The lowest BCUT2D eigenvalue weighted by Crippen LogP contribution is -2.30. The van der Waals surface area contributed by atoms with Crippen molar-refractivity contribution in [1.29, 1.82) is 0 Å². The van der Waals surface area contributed by atoms with E-state index in [1.54, 1.807) is 24.6 Å². The summed E-state index contributed by atoms with van der Waals surface area (Å²) in [7, 11) is -14.0. The molecule has 0 aliphatic heterocycles. The largest absolute Gasteiger partial charge is 0.480 e. The summed E-state index contributed by atoms with van der Waals surface area (Å²) in [6.45, 7) is 9.42. The van der Waals surface area contributed by atoms with Crippen molar-refractivity contribution in [2.24, 2.45) is 0 Å². The fraction of sp³-hybridized carbons (Fsp3) is 1.00. The average molecular weight is 540 g/mol. The van der Waals surface area contributed by atoms with E-state index in [1.807, 2.05) is 0 Å². The van der Waals surface area contributed by atoms with E-state index < -0.39 is 38.3 Å². The Bertz CT molecular complexity index is 630. The zero-order valence-electron chi connectivity index (χ0n) is 19.1. The normalized spacial score (nSPS) is 13.6. The van der Waals surface area contributed by atoms with Crippen molar-refractivity contribution in [2.45, 2.75) is 90.1 Å². The molecule has 0 saturated heterocycles. The van der Waals surface area contributed by atoms with Crippen molar-refractivity contribution in [3.63, 3.8) is 0 Å². The van der Waals surface area contributed by atoms with Crippen LogP contribution in [0.1, 0.15) is 79.1 Å². The summed E-state index contributed by atoms with van der Waals surface area (Å²) >= 11 is 0. The summed E-state index contributed by atoms with van der Waals surface area (Å²) in [5, 5.41) is 0. The highest BCUT2D eigenvalue weighted by Crippen LogP contribution is 2.61. The van der Waals surface area contributed by atoms with Crippen molar-refractivity contribution in [3.05, 3.63) is 4.13 Å². The van der Waals surface area contributed by atoms with Crippen molar-refractivity contribution in [1.82, 2.24) is 0 Å². The minimum absolute atomic E-state index is 0.562. The molecule has 0 aromatic carbocycles. The number of unbranched alkanes of at least 4 members (excludes halogenated alkanes) is 4. The monoisotopic (exact) mass is 539 g/mol. The zero-order valence-corrected chi connectivity index (χ0v) is 21.6. The Labute approximate surface area is 189 Å². The predicted molar refractivity (Wildman–Crippen MR) is 119 cm³/mol. The van der Waals surface area contributed by atoms with E-state index in [9.17, 15) is 43.2 Å². The number of sulfonamides is 2. The number of nitrogens with zero attached hydrogens (tertiary/aromatic N) is 1. The Morgan fingerprint density at radius 1 is 0.562 bits per heavy atom. The molecule has 0 amide bonds. The van der Waals surface area contributed by atoms with E-state index in [0.717, 1.165) is 4.13 Å². The third-order valence-electron chi connectivity index (χ3n) is 4.73. The van der Waals surface area contributed by atoms with Crippen molar-refractivity contribution in [3.8, 4) is 0 Å². The molecule has 0 bridgehead atoms. The third kappa shape index (κ3) is 12.9. The molecule has 32 heavy (non-hydrogen) atoms. The van der Waals surface area contributed by atoms with Crippen LogP contribution in [0.3, 0.4) is 0 Å². The van der Waals surface area contributed by atoms with Crippen LogP contribution in [0.25, 0.3) is 4.13 Å². The highest BCUT2D eigenvalue weighted by molar-refractivity contribution is 8.13. The SMILES string of the molecule is CCCC[P+](CCCC)(CCCC)CCCC.O=S(=O)([N-]S(=O)(=O)C(F)(F)F)C(F)(F)F. The van der Waals surface area contributed by atoms with Gasteiger partial charge >= 0.3 is 11.0 Å². The molecule has 0 N–H and O–H groups in total. The molecule has 0 fully saturated rings. The van der Waals surface area contributed by atoms with Gasteiger partial charge in [-0.1, -0.05) is 53.4 Å². The van der Waals surface area contributed by atoms with E-state index in [4.69, 9.17) is 0 Å². The molecule has 0 radical (unpaired) electrons. The summed E-state index contributed by atoms with van der Waals surface area (Å²) in [6.07, 6.45) is 17.9. The van der Waals surface area contributed by atoms with E-state index in [2.05, 4.69) is 27.7 Å². The molecular formula is C18H36F6NO4PS2. The Morgan fingerprint density at radius 3 is 0.938 bits per heavy atom. The first kappa shape index (κ1) is 34.0. The van der Waals surface area contributed by atoms with E-state index in [0.29, 0.717) is 0 Å². The first-order valence-corrected chi connectivity index (χ1v) is 16.1. The average Bonchev–Trinajstić information content (AvgIpc) is 2.65. The molecule has 0 aromatic heterocycles. The van der Waals surface area contributed by atoms with Gasteiger partial charge in [-0.2, -0.15) is 26.3 Å². The smallest absolute Gasteiger partial charge is 0.421 e. The van der Waals surface area contributed by atoms with Crippen LogP contribution < -0.4 is 0 Å². The van der Waals surface area contributed by atoms with Gasteiger partial charge in [-0.25, -0.2) is 16.8 Å². The molecule has 0 atom stereocenters. The fourth-order valence-corrected chi connectivity index (χ4v) is 9.86. The van der Waals surface area contributed by atoms with Gasteiger partial charge in [0.1, 0.15) is 0 Å². The molecule has 0 saturated carbocycles. The fourth-order valence-electron chi connectivity index (χ4n) is 2.86. The highest BCUT2D eigenvalue weighted by Gasteiger charge is 2.47. The summed E-state index contributed by atoms with van der Waals surface area (Å²) in [6, 6.07) is 0. The Kier molecular flexibility index (Phi) is 15.9. The quantitative estimate of drug-likeness (QED) is 0.172. The second-order valence-electron chi connectivity index (χ2n) is 7.57. The van der Waals surface area contributed by atoms with Gasteiger partial charge in [0.2, 0.25) is 0 Å². The third-order valence-corrected chi connectivity index (χ3v) is 12.5. The van der Waals surface area contributed by atoms with E-state index in [1.165, 1.54) is 51.4 Å². The molecule has 5 nitrogen and oxygen atoms in total. The topological polar surface area (TPSA) is 82.4 Å². The maximum atomic E-state index is 11.4. The molecule has 0 heterocycles. The molecule has 0 spiro atoms. The summed E-state index contributed by atoms with van der Waals surface area (Å²) in [5.41, 5.74) is -12.4. The molecule has 0 rings (SSSR count). The first-order chi connectivity index (χ1) is 14.4. The maximum Gasteiger partial charge on any atom is 0.480 e.